The van der Waals surface area contributed by atoms with Gasteiger partial charge in [-0.25, -0.2) is 0 Å². The Balaban J connectivity index is 1.66. The van der Waals surface area contributed by atoms with Gasteiger partial charge in [-0.3, -0.25) is 4.79 Å². The van der Waals surface area contributed by atoms with E-state index in [0.29, 0.717) is 12.5 Å². The van der Waals surface area contributed by atoms with E-state index in [1.54, 1.807) is 0 Å². The number of aryl methyl sites for hydroxylation is 2. The van der Waals surface area contributed by atoms with E-state index in [1.807, 2.05) is 30.3 Å². The molecule has 0 saturated carbocycles. The van der Waals surface area contributed by atoms with Gasteiger partial charge in [0.15, 0.2) is 0 Å². The van der Waals surface area contributed by atoms with Crippen molar-refractivity contribution in [2.45, 2.75) is 52.0 Å². The molecule has 0 N–H and O–H groups in total. The number of hydrogen-bond acceptors (Lipinski definition) is 3. The molecule has 0 bridgehead atoms. The fourth-order valence-electron chi connectivity index (χ4n) is 4.37. The van der Waals surface area contributed by atoms with Crippen molar-refractivity contribution in [3.63, 3.8) is 0 Å². The van der Waals surface area contributed by atoms with Gasteiger partial charge in [-0.05, 0) is 72.7 Å². The van der Waals surface area contributed by atoms with Crippen LogP contribution in [0.2, 0.25) is 0 Å². The van der Waals surface area contributed by atoms with E-state index < -0.39 is 0 Å². The van der Waals surface area contributed by atoms with Gasteiger partial charge in [0.05, 0.1) is 12.5 Å². The average molecular weight is 433 g/mol. The molecule has 4 rings (SSSR count). The van der Waals surface area contributed by atoms with Crippen LogP contribution in [0, 0.1) is 6.92 Å². The Morgan fingerprint density at radius 1 is 1.03 bits per heavy atom. The van der Waals surface area contributed by atoms with Gasteiger partial charge in [-0.2, -0.15) is 0 Å². The molecule has 0 radical (unpaired) electrons. The molecule has 0 fully saturated rings. The summed E-state index contributed by atoms with van der Waals surface area (Å²) in [5.41, 5.74) is 5.83. The van der Waals surface area contributed by atoms with Crippen LogP contribution >= 0.6 is 11.3 Å². The molecular weight excluding hydrogens is 400 g/mol. The Morgan fingerprint density at radius 2 is 1.68 bits per heavy atom. The minimum absolute atomic E-state index is 0.0363. The fourth-order valence-corrected chi connectivity index (χ4v) is 5.48. The number of carbonyl (C=O) groups is 1. The molecule has 1 aromatic heterocycles. The van der Waals surface area contributed by atoms with Crippen LogP contribution in [-0.4, -0.2) is 20.0 Å². The van der Waals surface area contributed by atoms with Crippen LogP contribution in [-0.2, 0) is 17.8 Å². The lowest BCUT2D eigenvalue weighted by atomic mass is 9.99. The largest absolute Gasteiger partial charge is 0.378 e. The molecule has 1 heterocycles. The smallest absolute Gasteiger partial charge is 0.234 e. The maximum Gasteiger partial charge on any atom is 0.234 e. The SMILES string of the molecule is Cc1cc2c(s1)CCC2C(=O)N(Cc1ccc(N(C)C)cc1)c1ccc(C(C)C)cc1. The highest BCUT2D eigenvalue weighted by molar-refractivity contribution is 7.12. The first-order chi connectivity index (χ1) is 14.8. The number of hydrogen-bond donors (Lipinski definition) is 0. The van der Waals surface area contributed by atoms with E-state index in [1.165, 1.54) is 20.9 Å². The summed E-state index contributed by atoms with van der Waals surface area (Å²) in [6, 6.07) is 19.3. The highest BCUT2D eigenvalue weighted by Crippen LogP contribution is 2.40. The Bertz CT molecular complexity index is 1050. The number of nitrogens with zero attached hydrogens (tertiary/aromatic N) is 2. The molecule has 0 aliphatic heterocycles. The summed E-state index contributed by atoms with van der Waals surface area (Å²) in [6.07, 6.45) is 1.93. The summed E-state index contributed by atoms with van der Waals surface area (Å²) in [5, 5.41) is 0. The van der Waals surface area contributed by atoms with Crippen molar-refractivity contribution in [1.29, 1.82) is 0 Å². The zero-order valence-electron chi connectivity index (χ0n) is 19.2. The zero-order valence-corrected chi connectivity index (χ0v) is 20.0. The zero-order chi connectivity index (χ0) is 22.1. The summed E-state index contributed by atoms with van der Waals surface area (Å²) in [6.45, 7) is 7.12. The van der Waals surface area contributed by atoms with Gasteiger partial charge in [0.2, 0.25) is 5.91 Å². The molecule has 3 nitrogen and oxygen atoms in total. The van der Waals surface area contributed by atoms with E-state index >= 15 is 0 Å². The lowest BCUT2D eigenvalue weighted by Gasteiger charge is -2.27. The molecule has 1 aliphatic rings. The van der Waals surface area contributed by atoms with Crippen molar-refractivity contribution in [1.82, 2.24) is 0 Å². The van der Waals surface area contributed by atoms with Gasteiger partial charge < -0.3 is 9.80 Å². The number of thiophene rings is 1. The third-order valence-electron chi connectivity index (χ3n) is 6.23. The standard InChI is InChI=1S/C27H32N2OS/c1-18(2)21-8-12-23(13-9-21)29(17-20-6-10-22(11-7-20)28(4)5)27(30)24-14-15-26-25(24)16-19(3)31-26/h6-13,16,18,24H,14-15,17H2,1-5H3. The van der Waals surface area contributed by atoms with Gasteiger partial charge in [0.1, 0.15) is 0 Å². The van der Waals surface area contributed by atoms with E-state index in [2.05, 4.69) is 80.3 Å². The van der Waals surface area contributed by atoms with E-state index in [-0.39, 0.29) is 11.8 Å². The van der Waals surface area contributed by atoms with Gasteiger partial charge >= 0.3 is 0 Å². The molecule has 4 heteroatoms. The molecule has 0 saturated heterocycles. The van der Waals surface area contributed by atoms with Gasteiger partial charge in [-0.15, -0.1) is 11.3 Å². The van der Waals surface area contributed by atoms with Crippen LogP contribution in [0.5, 0.6) is 0 Å². The number of fused-ring (bicyclic) bond motifs is 1. The maximum absolute atomic E-state index is 13.8. The van der Waals surface area contributed by atoms with Gasteiger partial charge in [0.25, 0.3) is 0 Å². The first-order valence-electron chi connectivity index (χ1n) is 11.1. The van der Waals surface area contributed by atoms with Crippen LogP contribution in [0.25, 0.3) is 0 Å². The van der Waals surface area contributed by atoms with Crippen molar-refractivity contribution in [3.8, 4) is 0 Å². The molecule has 3 aromatic rings. The maximum atomic E-state index is 13.8. The lowest BCUT2D eigenvalue weighted by Crippen LogP contribution is -2.34. The Hall–Kier alpha value is -2.59. The highest BCUT2D eigenvalue weighted by Gasteiger charge is 2.34. The first kappa shape index (κ1) is 21.6. The topological polar surface area (TPSA) is 23.6 Å². The third kappa shape index (κ3) is 4.54. The molecule has 162 valence electrons. The molecule has 0 spiro atoms. The molecule has 1 aliphatic carbocycles. The molecular formula is C27H32N2OS. The second kappa shape index (κ2) is 8.88. The second-order valence-electron chi connectivity index (χ2n) is 9.06. The molecule has 1 amide bonds. The predicted molar refractivity (Wildman–Crippen MR) is 133 cm³/mol. The Kier molecular flexibility index (Phi) is 6.19. The number of benzene rings is 2. The monoisotopic (exact) mass is 432 g/mol. The van der Waals surface area contributed by atoms with Crippen molar-refractivity contribution in [2.75, 3.05) is 23.9 Å². The minimum Gasteiger partial charge on any atom is -0.378 e. The van der Waals surface area contributed by atoms with E-state index in [9.17, 15) is 4.79 Å². The van der Waals surface area contributed by atoms with Crippen LogP contribution in [0.15, 0.2) is 54.6 Å². The highest BCUT2D eigenvalue weighted by atomic mass is 32.1. The summed E-state index contributed by atoms with van der Waals surface area (Å²) >= 11 is 1.84. The molecule has 2 aromatic carbocycles. The number of amides is 1. The Morgan fingerprint density at radius 3 is 2.29 bits per heavy atom. The summed E-state index contributed by atoms with van der Waals surface area (Å²) < 4.78 is 0. The van der Waals surface area contributed by atoms with Crippen molar-refractivity contribution < 1.29 is 4.79 Å². The number of anilines is 2. The van der Waals surface area contributed by atoms with Crippen molar-refractivity contribution >= 4 is 28.6 Å². The summed E-state index contributed by atoms with van der Waals surface area (Å²) in [5.74, 6) is 0.652. The third-order valence-corrected chi connectivity index (χ3v) is 7.36. The normalized spacial score (nSPS) is 15.2. The van der Waals surface area contributed by atoms with Crippen LogP contribution < -0.4 is 9.80 Å². The first-order valence-corrected chi connectivity index (χ1v) is 11.9. The van der Waals surface area contributed by atoms with Crippen LogP contribution in [0.3, 0.4) is 0 Å². The second-order valence-corrected chi connectivity index (χ2v) is 10.4. The molecule has 31 heavy (non-hydrogen) atoms. The van der Waals surface area contributed by atoms with Crippen molar-refractivity contribution in [2.24, 2.45) is 0 Å². The van der Waals surface area contributed by atoms with Gasteiger partial charge in [-0.1, -0.05) is 38.1 Å². The molecule has 1 atom stereocenters. The number of carbonyl (C=O) groups excluding carboxylic acids is 1. The summed E-state index contributed by atoms with van der Waals surface area (Å²) in [7, 11) is 4.09. The van der Waals surface area contributed by atoms with Gasteiger partial charge in [0, 0.05) is 35.2 Å². The minimum atomic E-state index is -0.0363. The van der Waals surface area contributed by atoms with Crippen LogP contribution in [0.4, 0.5) is 11.4 Å². The van der Waals surface area contributed by atoms with E-state index in [0.717, 1.165) is 29.8 Å². The van der Waals surface area contributed by atoms with Crippen LogP contribution in [0.1, 0.15) is 58.5 Å². The summed E-state index contributed by atoms with van der Waals surface area (Å²) in [4.78, 5) is 20.6. The fraction of sp³-hybridized carbons (Fsp3) is 0.370. The van der Waals surface area contributed by atoms with E-state index in [4.69, 9.17) is 0 Å². The quantitative estimate of drug-likeness (QED) is 0.443. The average Bonchev–Trinajstić information content (AvgIpc) is 3.31. The Labute approximate surface area is 190 Å². The number of rotatable bonds is 6. The molecule has 1 unspecified atom stereocenters. The lowest BCUT2D eigenvalue weighted by molar-refractivity contribution is -0.120. The predicted octanol–water partition coefficient (Wildman–Crippen LogP) is 6.51. The van der Waals surface area contributed by atoms with Crippen molar-refractivity contribution in [3.05, 3.63) is 81.0 Å².